The van der Waals surface area contributed by atoms with Crippen LogP contribution in [0.5, 0.6) is 0 Å². The second-order valence-corrected chi connectivity index (χ2v) is 3.69. The molecule has 0 bridgehead atoms. The van der Waals surface area contributed by atoms with Gasteiger partial charge in [-0.05, 0) is 13.5 Å². The second-order valence-electron chi connectivity index (χ2n) is 3.69. The normalized spacial score (nSPS) is 14.4. The molecular weight excluding hydrogens is 208 g/mol. The van der Waals surface area contributed by atoms with E-state index >= 15 is 0 Å². The number of nitrogens with zero attached hydrogens (tertiary/aromatic N) is 3. The molecule has 0 aliphatic heterocycles. The Morgan fingerprint density at radius 1 is 1.44 bits per heavy atom. The van der Waals surface area contributed by atoms with Gasteiger partial charge in [0.1, 0.15) is 18.2 Å². The molecule has 1 aromatic heterocycles. The maximum atomic E-state index is 10.4. The lowest BCUT2D eigenvalue weighted by atomic mass is 10.0. The molecule has 0 saturated heterocycles. The molecule has 0 spiro atoms. The van der Waals surface area contributed by atoms with E-state index in [1.54, 1.807) is 0 Å². The zero-order chi connectivity index (χ0) is 12.1. The molecule has 0 aromatic carbocycles. The molecule has 0 amide bonds. The van der Waals surface area contributed by atoms with E-state index in [-0.39, 0.29) is 17.6 Å². The van der Waals surface area contributed by atoms with E-state index in [0.29, 0.717) is 5.82 Å². The SMILES string of the molecule is CCNC(C)C(C)c1ncc([N+](=O)[O-])cn1. The van der Waals surface area contributed by atoms with Gasteiger partial charge >= 0.3 is 5.69 Å². The van der Waals surface area contributed by atoms with Crippen molar-refractivity contribution in [3.63, 3.8) is 0 Å². The van der Waals surface area contributed by atoms with Crippen LogP contribution in [0, 0.1) is 10.1 Å². The molecule has 0 radical (unpaired) electrons. The summed E-state index contributed by atoms with van der Waals surface area (Å²) < 4.78 is 0. The minimum atomic E-state index is -0.498. The summed E-state index contributed by atoms with van der Waals surface area (Å²) in [6.45, 7) is 6.94. The Labute approximate surface area is 94.3 Å². The third kappa shape index (κ3) is 2.96. The Balaban J connectivity index is 2.77. The van der Waals surface area contributed by atoms with Crippen LogP contribution in [0.3, 0.4) is 0 Å². The molecule has 0 saturated carbocycles. The summed E-state index contributed by atoms with van der Waals surface area (Å²) in [5.41, 5.74) is -0.0768. The predicted molar refractivity (Wildman–Crippen MR) is 60.2 cm³/mol. The lowest BCUT2D eigenvalue weighted by Crippen LogP contribution is -2.31. The van der Waals surface area contributed by atoms with Gasteiger partial charge in [-0.2, -0.15) is 0 Å². The number of nitrogens with one attached hydrogen (secondary N) is 1. The van der Waals surface area contributed by atoms with Gasteiger partial charge in [0.25, 0.3) is 0 Å². The van der Waals surface area contributed by atoms with Gasteiger partial charge in [0.2, 0.25) is 0 Å². The Morgan fingerprint density at radius 3 is 2.44 bits per heavy atom. The van der Waals surface area contributed by atoms with E-state index in [9.17, 15) is 10.1 Å². The number of hydrogen-bond donors (Lipinski definition) is 1. The zero-order valence-electron chi connectivity index (χ0n) is 9.67. The first kappa shape index (κ1) is 12.5. The quantitative estimate of drug-likeness (QED) is 0.605. The first-order valence-corrected chi connectivity index (χ1v) is 5.26. The molecule has 0 aliphatic rings. The Hall–Kier alpha value is -1.56. The van der Waals surface area contributed by atoms with Crippen molar-refractivity contribution in [2.24, 2.45) is 0 Å². The molecule has 88 valence electrons. The smallest absolute Gasteiger partial charge is 0.305 e. The molecule has 1 heterocycles. The molecule has 0 fully saturated rings. The summed E-state index contributed by atoms with van der Waals surface area (Å²) in [6, 6.07) is 0.242. The van der Waals surface area contributed by atoms with Crippen LogP contribution in [0.4, 0.5) is 5.69 Å². The second kappa shape index (κ2) is 5.50. The highest BCUT2D eigenvalue weighted by Crippen LogP contribution is 2.16. The number of rotatable bonds is 5. The van der Waals surface area contributed by atoms with Gasteiger partial charge in [-0.25, -0.2) is 9.97 Å². The van der Waals surface area contributed by atoms with Crippen molar-refractivity contribution < 1.29 is 4.92 Å². The van der Waals surface area contributed by atoms with Crippen LogP contribution in [-0.2, 0) is 0 Å². The van der Waals surface area contributed by atoms with Crippen LogP contribution >= 0.6 is 0 Å². The molecule has 2 atom stereocenters. The third-order valence-corrected chi connectivity index (χ3v) is 2.55. The predicted octanol–water partition coefficient (Wildman–Crippen LogP) is 1.49. The lowest BCUT2D eigenvalue weighted by molar-refractivity contribution is -0.385. The summed E-state index contributed by atoms with van der Waals surface area (Å²) >= 11 is 0. The van der Waals surface area contributed by atoms with E-state index < -0.39 is 4.92 Å². The van der Waals surface area contributed by atoms with Gasteiger partial charge in [0, 0.05) is 12.0 Å². The average molecular weight is 224 g/mol. The van der Waals surface area contributed by atoms with Crippen LogP contribution in [0.15, 0.2) is 12.4 Å². The van der Waals surface area contributed by atoms with E-state index in [0.717, 1.165) is 6.54 Å². The number of likely N-dealkylation sites (N-methyl/N-ethyl adjacent to an activating group) is 1. The van der Waals surface area contributed by atoms with Crippen molar-refractivity contribution in [1.29, 1.82) is 0 Å². The van der Waals surface area contributed by atoms with Crippen molar-refractivity contribution in [3.8, 4) is 0 Å². The molecular formula is C10H16N4O2. The summed E-state index contributed by atoms with van der Waals surface area (Å²) in [7, 11) is 0. The van der Waals surface area contributed by atoms with E-state index in [2.05, 4.69) is 15.3 Å². The summed E-state index contributed by atoms with van der Waals surface area (Å²) in [5.74, 6) is 0.750. The van der Waals surface area contributed by atoms with Gasteiger partial charge in [0.15, 0.2) is 0 Å². The van der Waals surface area contributed by atoms with Crippen molar-refractivity contribution in [2.75, 3.05) is 6.54 Å². The Morgan fingerprint density at radius 2 is 2.00 bits per heavy atom. The highest BCUT2D eigenvalue weighted by Gasteiger charge is 2.17. The van der Waals surface area contributed by atoms with Crippen molar-refractivity contribution in [3.05, 3.63) is 28.3 Å². The van der Waals surface area contributed by atoms with E-state index in [1.807, 2.05) is 20.8 Å². The number of aromatic nitrogens is 2. The lowest BCUT2D eigenvalue weighted by Gasteiger charge is -2.18. The molecule has 6 nitrogen and oxygen atoms in total. The molecule has 1 N–H and O–H groups in total. The van der Waals surface area contributed by atoms with Gasteiger partial charge < -0.3 is 5.32 Å². The number of nitro groups is 1. The van der Waals surface area contributed by atoms with Gasteiger partial charge in [-0.1, -0.05) is 13.8 Å². The first-order chi connectivity index (χ1) is 7.56. The van der Waals surface area contributed by atoms with Gasteiger partial charge in [0.05, 0.1) is 4.92 Å². The maximum Gasteiger partial charge on any atom is 0.305 e. The van der Waals surface area contributed by atoms with Gasteiger partial charge in [-0.3, -0.25) is 10.1 Å². The standard InChI is InChI=1S/C10H16N4O2/c1-4-11-8(3)7(2)10-12-5-9(6-13-10)14(15)16/h5-8,11H,4H2,1-3H3. The van der Waals surface area contributed by atoms with Crippen LogP contribution in [0.1, 0.15) is 32.5 Å². The third-order valence-electron chi connectivity index (χ3n) is 2.55. The fourth-order valence-corrected chi connectivity index (χ4v) is 1.38. The molecule has 1 rings (SSSR count). The van der Waals surface area contributed by atoms with Gasteiger partial charge in [-0.15, -0.1) is 0 Å². The molecule has 2 unspecified atom stereocenters. The summed E-state index contributed by atoms with van der Waals surface area (Å²) in [6.07, 6.45) is 2.50. The maximum absolute atomic E-state index is 10.4. The first-order valence-electron chi connectivity index (χ1n) is 5.26. The monoisotopic (exact) mass is 224 g/mol. The molecule has 0 aliphatic carbocycles. The Kier molecular flexibility index (Phi) is 4.30. The van der Waals surface area contributed by atoms with Crippen LogP contribution in [-0.4, -0.2) is 27.5 Å². The molecule has 1 aromatic rings. The molecule has 16 heavy (non-hydrogen) atoms. The van der Waals surface area contributed by atoms with E-state index in [1.165, 1.54) is 12.4 Å². The van der Waals surface area contributed by atoms with Crippen molar-refractivity contribution in [1.82, 2.24) is 15.3 Å². The van der Waals surface area contributed by atoms with Crippen LogP contribution < -0.4 is 5.32 Å². The van der Waals surface area contributed by atoms with Crippen LogP contribution in [0.2, 0.25) is 0 Å². The fourth-order valence-electron chi connectivity index (χ4n) is 1.38. The van der Waals surface area contributed by atoms with E-state index in [4.69, 9.17) is 0 Å². The minimum absolute atomic E-state index is 0.0768. The fraction of sp³-hybridized carbons (Fsp3) is 0.600. The summed E-state index contributed by atoms with van der Waals surface area (Å²) in [5, 5.41) is 13.7. The summed E-state index contributed by atoms with van der Waals surface area (Å²) in [4.78, 5) is 18.0. The largest absolute Gasteiger partial charge is 0.314 e. The zero-order valence-corrected chi connectivity index (χ0v) is 9.67. The minimum Gasteiger partial charge on any atom is -0.314 e. The highest BCUT2D eigenvalue weighted by atomic mass is 16.6. The van der Waals surface area contributed by atoms with Crippen LogP contribution in [0.25, 0.3) is 0 Å². The van der Waals surface area contributed by atoms with Crippen molar-refractivity contribution in [2.45, 2.75) is 32.7 Å². The highest BCUT2D eigenvalue weighted by molar-refractivity contribution is 5.21. The van der Waals surface area contributed by atoms with Crippen molar-refractivity contribution >= 4 is 5.69 Å². The average Bonchev–Trinajstić information content (AvgIpc) is 2.28. The molecule has 6 heteroatoms. The number of hydrogen-bond acceptors (Lipinski definition) is 5. The Bertz CT molecular complexity index is 352. The topological polar surface area (TPSA) is 81.0 Å².